The average Bonchev–Trinajstić information content (AvgIpc) is 3.19. The molecule has 7 nitrogen and oxygen atoms in total. The van der Waals surface area contributed by atoms with E-state index >= 15 is 0 Å². The van der Waals surface area contributed by atoms with Gasteiger partial charge in [0, 0.05) is 17.1 Å². The molecule has 3 rings (SSSR count). The summed E-state index contributed by atoms with van der Waals surface area (Å²) in [7, 11) is 1.60. The van der Waals surface area contributed by atoms with Crippen LogP contribution < -0.4 is 15.4 Å². The molecule has 0 spiro atoms. The molecular weight excluding hydrogens is 382 g/mol. The first-order chi connectivity index (χ1) is 13.6. The van der Waals surface area contributed by atoms with Crippen LogP contribution in [0, 0.1) is 0 Å². The standard InChI is InChI=1S/C20H20ClN3O4/c1-27-17-8-2-13(3-9-17)10-18(19-22-16(11-25)12-28-19)24-20(26)23-15-6-4-14(21)5-7-15/h2-9,12,18,25H,10-11H2,1H3,(H2,23,24,26). The normalized spacial score (nSPS) is 11.7. The number of aliphatic hydroxyl groups is 1. The maximum Gasteiger partial charge on any atom is 0.319 e. The van der Waals surface area contributed by atoms with Crippen LogP contribution in [0.25, 0.3) is 0 Å². The van der Waals surface area contributed by atoms with Crippen molar-refractivity contribution in [2.24, 2.45) is 0 Å². The van der Waals surface area contributed by atoms with Crippen LogP contribution in [-0.4, -0.2) is 23.2 Å². The summed E-state index contributed by atoms with van der Waals surface area (Å²) in [6.45, 7) is -0.240. The van der Waals surface area contributed by atoms with E-state index in [1.54, 1.807) is 31.4 Å². The zero-order chi connectivity index (χ0) is 19.9. The summed E-state index contributed by atoms with van der Waals surface area (Å²) in [6.07, 6.45) is 1.82. The van der Waals surface area contributed by atoms with E-state index in [1.165, 1.54) is 6.26 Å². The zero-order valence-electron chi connectivity index (χ0n) is 15.2. The largest absolute Gasteiger partial charge is 0.497 e. The molecule has 1 atom stereocenters. The summed E-state index contributed by atoms with van der Waals surface area (Å²) < 4.78 is 10.6. The van der Waals surface area contributed by atoms with Gasteiger partial charge in [-0.05, 0) is 42.0 Å². The molecule has 2 amide bonds. The number of oxazole rings is 1. The quantitative estimate of drug-likeness (QED) is 0.557. The van der Waals surface area contributed by atoms with Crippen molar-refractivity contribution in [2.75, 3.05) is 12.4 Å². The summed E-state index contributed by atoms with van der Waals surface area (Å²) in [5, 5.41) is 15.4. The van der Waals surface area contributed by atoms with Gasteiger partial charge >= 0.3 is 6.03 Å². The van der Waals surface area contributed by atoms with Crippen LogP contribution in [0.3, 0.4) is 0 Å². The predicted molar refractivity (Wildman–Crippen MR) is 105 cm³/mol. The minimum Gasteiger partial charge on any atom is -0.497 e. The minimum atomic E-state index is -0.527. The summed E-state index contributed by atoms with van der Waals surface area (Å²) in [5.74, 6) is 1.05. The van der Waals surface area contributed by atoms with Gasteiger partial charge in [0.15, 0.2) is 0 Å². The Balaban J connectivity index is 1.74. The molecule has 0 aliphatic heterocycles. The molecule has 28 heavy (non-hydrogen) atoms. The number of carbonyl (C=O) groups excluding carboxylic acids is 1. The molecule has 8 heteroatoms. The Labute approximate surface area is 167 Å². The molecule has 0 bridgehead atoms. The lowest BCUT2D eigenvalue weighted by atomic mass is 10.1. The average molecular weight is 402 g/mol. The van der Waals surface area contributed by atoms with Crippen molar-refractivity contribution in [3.63, 3.8) is 0 Å². The fourth-order valence-electron chi connectivity index (χ4n) is 2.61. The number of ether oxygens (including phenoxy) is 1. The second-order valence-corrected chi connectivity index (χ2v) is 6.48. The Morgan fingerprint density at radius 1 is 1.21 bits per heavy atom. The maximum atomic E-state index is 12.5. The van der Waals surface area contributed by atoms with Gasteiger partial charge in [0.1, 0.15) is 23.7 Å². The van der Waals surface area contributed by atoms with E-state index in [0.717, 1.165) is 11.3 Å². The number of benzene rings is 2. The predicted octanol–water partition coefficient (Wildman–Crippen LogP) is 3.93. The van der Waals surface area contributed by atoms with Gasteiger partial charge in [-0.3, -0.25) is 0 Å². The molecule has 3 N–H and O–H groups in total. The van der Waals surface area contributed by atoms with Crippen LogP contribution in [0.2, 0.25) is 5.02 Å². The van der Waals surface area contributed by atoms with E-state index in [-0.39, 0.29) is 6.61 Å². The van der Waals surface area contributed by atoms with Crippen LogP contribution in [0.5, 0.6) is 5.75 Å². The minimum absolute atomic E-state index is 0.240. The fourth-order valence-corrected chi connectivity index (χ4v) is 2.74. The highest BCUT2D eigenvalue weighted by Crippen LogP contribution is 2.21. The second kappa shape index (κ2) is 9.25. The van der Waals surface area contributed by atoms with E-state index < -0.39 is 12.1 Å². The van der Waals surface area contributed by atoms with Crippen molar-refractivity contribution in [3.8, 4) is 5.75 Å². The number of nitrogens with zero attached hydrogens (tertiary/aromatic N) is 1. The Kier molecular flexibility index (Phi) is 6.52. The SMILES string of the molecule is COc1ccc(CC(NC(=O)Nc2ccc(Cl)cc2)c2nc(CO)co2)cc1. The van der Waals surface area contributed by atoms with Gasteiger partial charge in [0.05, 0.1) is 13.7 Å². The Morgan fingerprint density at radius 3 is 2.54 bits per heavy atom. The van der Waals surface area contributed by atoms with Crippen LogP contribution >= 0.6 is 11.6 Å². The smallest absolute Gasteiger partial charge is 0.319 e. The second-order valence-electron chi connectivity index (χ2n) is 6.05. The lowest BCUT2D eigenvalue weighted by Gasteiger charge is -2.17. The monoisotopic (exact) mass is 401 g/mol. The van der Waals surface area contributed by atoms with Crippen molar-refractivity contribution in [1.82, 2.24) is 10.3 Å². The van der Waals surface area contributed by atoms with Gasteiger partial charge in [-0.1, -0.05) is 23.7 Å². The third kappa shape index (κ3) is 5.25. The van der Waals surface area contributed by atoms with E-state index in [0.29, 0.717) is 28.7 Å². The lowest BCUT2D eigenvalue weighted by molar-refractivity contribution is 0.245. The van der Waals surface area contributed by atoms with Crippen LogP contribution in [-0.2, 0) is 13.0 Å². The number of methoxy groups -OCH3 is 1. The molecule has 146 valence electrons. The van der Waals surface area contributed by atoms with Crippen molar-refractivity contribution < 1.29 is 19.1 Å². The van der Waals surface area contributed by atoms with Gasteiger partial charge in [-0.25, -0.2) is 9.78 Å². The number of nitrogens with one attached hydrogen (secondary N) is 2. The van der Waals surface area contributed by atoms with Crippen molar-refractivity contribution >= 4 is 23.3 Å². The van der Waals surface area contributed by atoms with Gasteiger partial charge in [-0.2, -0.15) is 0 Å². The molecule has 0 saturated carbocycles. The van der Waals surface area contributed by atoms with E-state index in [9.17, 15) is 9.90 Å². The molecule has 0 saturated heterocycles. The first-order valence-corrected chi connectivity index (χ1v) is 8.96. The molecule has 3 aromatic rings. The molecule has 2 aromatic carbocycles. The fraction of sp³-hybridized carbons (Fsp3) is 0.200. The Hall–Kier alpha value is -3.03. The molecule has 0 aliphatic rings. The molecule has 0 fully saturated rings. The van der Waals surface area contributed by atoms with E-state index in [2.05, 4.69) is 15.6 Å². The molecular formula is C20H20ClN3O4. The summed E-state index contributed by atoms with van der Waals surface area (Å²) in [5.41, 5.74) is 1.96. The number of amides is 2. The summed E-state index contributed by atoms with van der Waals surface area (Å²) in [6, 6.07) is 13.3. The zero-order valence-corrected chi connectivity index (χ0v) is 15.9. The summed E-state index contributed by atoms with van der Waals surface area (Å²) >= 11 is 5.86. The maximum absolute atomic E-state index is 12.5. The number of rotatable bonds is 7. The first-order valence-electron chi connectivity index (χ1n) is 8.58. The number of carbonyl (C=O) groups is 1. The van der Waals surface area contributed by atoms with E-state index in [1.807, 2.05) is 24.3 Å². The molecule has 0 aliphatic carbocycles. The highest BCUT2D eigenvalue weighted by Gasteiger charge is 2.21. The van der Waals surface area contributed by atoms with Crippen molar-refractivity contribution in [2.45, 2.75) is 19.1 Å². The Bertz CT molecular complexity index is 910. The number of urea groups is 1. The van der Waals surface area contributed by atoms with E-state index in [4.69, 9.17) is 20.8 Å². The Morgan fingerprint density at radius 2 is 1.93 bits per heavy atom. The molecule has 0 radical (unpaired) electrons. The number of aromatic nitrogens is 1. The number of aliphatic hydroxyl groups excluding tert-OH is 1. The highest BCUT2D eigenvalue weighted by atomic mass is 35.5. The third-order valence-corrected chi connectivity index (χ3v) is 4.29. The summed E-state index contributed by atoms with van der Waals surface area (Å²) in [4.78, 5) is 16.7. The van der Waals surface area contributed by atoms with Gasteiger partial charge in [0.25, 0.3) is 0 Å². The molecule has 1 unspecified atom stereocenters. The van der Waals surface area contributed by atoms with Gasteiger partial charge in [-0.15, -0.1) is 0 Å². The van der Waals surface area contributed by atoms with Crippen LogP contribution in [0.15, 0.2) is 59.2 Å². The number of anilines is 1. The highest BCUT2D eigenvalue weighted by molar-refractivity contribution is 6.30. The van der Waals surface area contributed by atoms with Crippen LogP contribution in [0.4, 0.5) is 10.5 Å². The van der Waals surface area contributed by atoms with Crippen molar-refractivity contribution in [1.29, 1.82) is 0 Å². The number of halogens is 1. The number of hydrogen-bond donors (Lipinski definition) is 3. The molecule has 1 aromatic heterocycles. The van der Waals surface area contributed by atoms with Crippen molar-refractivity contribution in [3.05, 3.63) is 77.0 Å². The van der Waals surface area contributed by atoms with Gasteiger partial charge in [0.2, 0.25) is 5.89 Å². The first kappa shape index (κ1) is 19.7. The number of hydrogen-bond acceptors (Lipinski definition) is 5. The van der Waals surface area contributed by atoms with Gasteiger partial charge < -0.3 is 24.9 Å². The van der Waals surface area contributed by atoms with Crippen LogP contribution in [0.1, 0.15) is 23.2 Å². The third-order valence-electron chi connectivity index (χ3n) is 4.04. The topological polar surface area (TPSA) is 96.6 Å². The molecule has 1 heterocycles. The lowest BCUT2D eigenvalue weighted by Crippen LogP contribution is -2.34.